The molecule has 0 aliphatic carbocycles. The van der Waals surface area contributed by atoms with Crippen molar-refractivity contribution in [2.45, 2.75) is 0 Å². The van der Waals surface area contributed by atoms with Crippen molar-refractivity contribution in [1.82, 2.24) is 10.2 Å². The van der Waals surface area contributed by atoms with Crippen LogP contribution in [-0.4, -0.2) is 43.9 Å². The fourth-order valence-corrected chi connectivity index (χ4v) is 1.64. The number of rotatable bonds is 3. The second kappa shape index (κ2) is 6.22. The van der Waals surface area contributed by atoms with Crippen LogP contribution in [0.15, 0.2) is 30.3 Å². The highest BCUT2D eigenvalue weighted by molar-refractivity contribution is 5.89. The molecule has 5 heteroatoms. The molecule has 1 aromatic rings. The molecule has 1 heterocycles. The van der Waals surface area contributed by atoms with E-state index in [2.05, 4.69) is 15.5 Å². The molecule has 0 radical (unpaired) electrons. The van der Waals surface area contributed by atoms with E-state index >= 15 is 0 Å². The minimum absolute atomic E-state index is 0.178. The fraction of sp³-hybridized carbons (Fsp3) is 0.417. The summed E-state index contributed by atoms with van der Waals surface area (Å²) in [5, 5.41) is 5.59. The van der Waals surface area contributed by atoms with Crippen LogP contribution in [0.3, 0.4) is 0 Å². The number of urea groups is 1. The van der Waals surface area contributed by atoms with E-state index in [0.717, 1.165) is 32.0 Å². The number of amides is 2. The normalized spacial score (nSPS) is 16.5. The van der Waals surface area contributed by atoms with Crippen molar-refractivity contribution in [2.75, 3.05) is 38.3 Å². The predicted octanol–water partition coefficient (Wildman–Crippen LogP) is 1.10. The van der Waals surface area contributed by atoms with E-state index in [1.54, 1.807) is 0 Å². The number of ether oxygens (including phenoxy) is 1. The lowest BCUT2D eigenvalue weighted by atomic mass is 10.3. The number of hydrogen-bond acceptors (Lipinski definition) is 3. The summed E-state index contributed by atoms with van der Waals surface area (Å²) in [5.74, 6) is 0. The standard InChI is InChI=1S/C12H17N3O2/c16-12(14-11-4-2-1-3-5-11)13-10-15-6-8-17-9-7-15/h1-5H,6-10H2,(H2,13,14,16). The largest absolute Gasteiger partial charge is 0.379 e. The molecular weight excluding hydrogens is 218 g/mol. The molecule has 1 saturated heterocycles. The Morgan fingerprint density at radius 3 is 2.65 bits per heavy atom. The van der Waals surface area contributed by atoms with E-state index < -0.39 is 0 Å². The molecule has 1 aromatic carbocycles. The van der Waals surface area contributed by atoms with Gasteiger partial charge in [-0.05, 0) is 12.1 Å². The van der Waals surface area contributed by atoms with Crippen molar-refractivity contribution in [3.63, 3.8) is 0 Å². The Morgan fingerprint density at radius 1 is 1.24 bits per heavy atom. The Bertz CT molecular complexity index is 350. The predicted molar refractivity (Wildman–Crippen MR) is 65.9 cm³/mol. The number of morpholine rings is 1. The van der Waals surface area contributed by atoms with Gasteiger partial charge in [0.25, 0.3) is 0 Å². The summed E-state index contributed by atoms with van der Waals surface area (Å²) >= 11 is 0. The molecule has 0 atom stereocenters. The van der Waals surface area contributed by atoms with E-state index in [0.29, 0.717) is 6.67 Å². The summed E-state index contributed by atoms with van der Waals surface area (Å²) < 4.78 is 5.23. The second-order valence-corrected chi connectivity index (χ2v) is 3.89. The first-order valence-corrected chi connectivity index (χ1v) is 5.74. The summed E-state index contributed by atoms with van der Waals surface area (Å²) in [5.41, 5.74) is 0.798. The summed E-state index contributed by atoms with van der Waals surface area (Å²) in [6.45, 7) is 3.77. The van der Waals surface area contributed by atoms with Gasteiger partial charge in [0.15, 0.2) is 0 Å². The maximum absolute atomic E-state index is 11.6. The lowest BCUT2D eigenvalue weighted by Crippen LogP contribution is -2.44. The van der Waals surface area contributed by atoms with Gasteiger partial charge in [0.05, 0.1) is 19.9 Å². The third-order valence-electron chi connectivity index (χ3n) is 2.60. The van der Waals surface area contributed by atoms with Crippen LogP contribution in [-0.2, 0) is 4.74 Å². The van der Waals surface area contributed by atoms with E-state index in [1.165, 1.54) is 0 Å². The van der Waals surface area contributed by atoms with Crippen LogP contribution in [0, 0.1) is 0 Å². The molecule has 0 unspecified atom stereocenters. The third kappa shape index (κ3) is 4.05. The SMILES string of the molecule is O=C(NCN1CCOCC1)Nc1ccccc1. The number of nitrogens with one attached hydrogen (secondary N) is 2. The number of carbonyl (C=O) groups excluding carboxylic acids is 1. The van der Waals surface area contributed by atoms with Crippen LogP contribution in [0.5, 0.6) is 0 Å². The van der Waals surface area contributed by atoms with Gasteiger partial charge >= 0.3 is 6.03 Å². The Hall–Kier alpha value is -1.59. The number of benzene rings is 1. The van der Waals surface area contributed by atoms with Crippen LogP contribution in [0.4, 0.5) is 10.5 Å². The number of anilines is 1. The van der Waals surface area contributed by atoms with Crippen LogP contribution < -0.4 is 10.6 Å². The fourth-order valence-electron chi connectivity index (χ4n) is 1.64. The molecule has 1 aliphatic heterocycles. The number of hydrogen-bond donors (Lipinski definition) is 2. The Labute approximate surface area is 101 Å². The summed E-state index contributed by atoms with van der Waals surface area (Å²) in [7, 11) is 0. The number of carbonyl (C=O) groups is 1. The van der Waals surface area contributed by atoms with Gasteiger partial charge in [0.1, 0.15) is 0 Å². The lowest BCUT2D eigenvalue weighted by molar-refractivity contribution is 0.0358. The summed E-state index contributed by atoms with van der Waals surface area (Å²) in [6.07, 6.45) is 0. The third-order valence-corrected chi connectivity index (χ3v) is 2.60. The topological polar surface area (TPSA) is 53.6 Å². The highest BCUT2D eigenvalue weighted by atomic mass is 16.5. The van der Waals surface area contributed by atoms with Crippen LogP contribution >= 0.6 is 0 Å². The molecule has 0 bridgehead atoms. The van der Waals surface area contributed by atoms with Gasteiger partial charge in [-0.3, -0.25) is 4.90 Å². The molecule has 92 valence electrons. The van der Waals surface area contributed by atoms with E-state index in [9.17, 15) is 4.79 Å². The summed E-state index contributed by atoms with van der Waals surface area (Å²) in [6, 6.07) is 9.22. The lowest BCUT2D eigenvalue weighted by Gasteiger charge is -2.26. The zero-order chi connectivity index (χ0) is 11.9. The molecule has 2 N–H and O–H groups in total. The first-order valence-electron chi connectivity index (χ1n) is 5.74. The molecule has 1 fully saturated rings. The number of para-hydroxylation sites is 1. The van der Waals surface area contributed by atoms with Gasteiger partial charge in [-0.25, -0.2) is 4.79 Å². The van der Waals surface area contributed by atoms with Crippen molar-refractivity contribution < 1.29 is 9.53 Å². The molecule has 0 spiro atoms. The van der Waals surface area contributed by atoms with Gasteiger partial charge < -0.3 is 15.4 Å². The Kier molecular flexibility index (Phi) is 4.35. The first-order chi connectivity index (χ1) is 8.34. The van der Waals surface area contributed by atoms with Crippen LogP contribution in [0.2, 0.25) is 0 Å². The molecule has 0 saturated carbocycles. The molecule has 2 amide bonds. The number of nitrogens with zero attached hydrogens (tertiary/aromatic N) is 1. The Balaban J connectivity index is 1.70. The average Bonchev–Trinajstić information content (AvgIpc) is 2.39. The van der Waals surface area contributed by atoms with Gasteiger partial charge in [0.2, 0.25) is 0 Å². The molecule has 5 nitrogen and oxygen atoms in total. The van der Waals surface area contributed by atoms with Crippen molar-refractivity contribution >= 4 is 11.7 Å². The zero-order valence-corrected chi connectivity index (χ0v) is 9.69. The maximum Gasteiger partial charge on any atom is 0.320 e. The Morgan fingerprint density at radius 2 is 1.94 bits per heavy atom. The first kappa shape index (κ1) is 11.9. The quantitative estimate of drug-likeness (QED) is 0.824. The van der Waals surface area contributed by atoms with E-state index in [4.69, 9.17) is 4.74 Å². The second-order valence-electron chi connectivity index (χ2n) is 3.89. The van der Waals surface area contributed by atoms with Gasteiger partial charge in [0, 0.05) is 18.8 Å². The average molecular weight is 235 g/mol. The highest BCUT2D eigenvalue weighted by Crippen LogP contribution is 2.04. The van der Waals surface area contributed by atoms with Crippen LogP contribution in [0.25, 0.3) is 0 Å². The molecule has 17 heavy (non-hydrogen) atoms. The molecular formula is C12H17N3O2. The van der Waals surface area contributed by atoms with E-state index in [-0.39, 0.29) is 6.03 Å². The molecule has 1 aliphatic rings. The maximum atomic E-state index is 11.6. The van der Waals surface area contributed by atoms with Gasteiger partial charge in [-0.1, -0.05) is 18.2 Å². The zero-order valence-electron chi connectivity index (χ0n) is 9.69. The van der Waals surface area contributed by atoms with Gasteiger partial charge in [-0.15, -0.1) is 0 Å². The van der Waals surface area contributed by atoms with Gasteiger partial charge in [-0.2, -0.15) is 0 Å². The highest BCUT2D eigenvalue weighted by Gasteiger charge is 2.10. The summed E-state index contributed by atoms with van der Waals surface area (Å²) in [4.78, 5) is 13.7. The minimum Gasteiger partial charge on any atom is -0.379 e. The van der Waals surface area contributed by atoms with Crippen molar-refractivity contribution in [2.24, 2.45) is 0 Å². The van der Waals surface area contributed by atoms with Crippen molar-refractivity contribution in [1.29, 1.82) is 0 Å². The monoisotopic (exact) mass is 235 g/mol. The van der Waals surface area contributed by atoms with Crippen molar-refractivity contribution in [3.05, 3.63) is 30.3 Å². The smallest absolute Gasteiger partial charge is 0.320 e. The van der Waals surface area contributed by atoms with Crippen LogP contribution in [0.1, 0.15) is 0 Å². The van der Waals surface area contributed by atoms with Crippen molar-refractivity contribution in [3.8, 4) is 0 Å². The minimum atomic E-state index is -0.178. The molecule has 2 rings (SSSR count). The van der Waals surface area contributed by atoms with E-state index in [1.807, 2.05) is 30.3 Å². The molecule has 0 aromatic heterocycles.